The third kappa shape index (κ3) is 4.31. The van der Waals surface area contributed by atoms with E-state index in [9.17, 15) is 9.90 Å². The number of carbonyl (C=O) groups is 1. The molecule has 1 atom stereocenters. The predicted molar refractivity (Wildman–Crippen MR) is 104 cm³/mol. The Labute approximate surface area is 165 Å². The number of likely N-dealkylation sites (N-methyl/N-ethyl adjacent to an activating group) is 1. The van der Waals surface area contributed by atoms with Gasteiger partial charge in [-0.25, -0.2) is 0 Å². The molecule has 0 bridgehead atoms. The predicted octanol–water partition coefficient (Wildman–Crippen LogP) is 2.28. The highest BCUT2D eigenvalue weighted by atomic mass is 16.5. The van der Waals surface area contributed by atoms with Crippen LogP contribution in [0.3, 0.4) is 0 Å². The number of nitrogens with zero attached hydrogens (tertiary/aromatic N) is 2. The summed E-state index contributed by atoms with van der Waals surface area (Å²) in [6.45, 7) is 1.75. The molecule has 3 rings (SSSR count). The van der Waals surface area contributed by atoms with Gasteiger partial charge in [-0.1, -0.05) is 12.1 Å². The monoisotopic (exact) mass is 388 g/mol. The molecule has 0 unspecified atom stereocenters. The van der Waals surface area contributed by atoms with Crippen molar-refractivity contribution in [1.82, 2.24) is 9.80 Å². The molecule has 0 radical (unpaired) electrons. The summed E-state index contributed by atoms with van der Waals surface area (Å²) in [5, 5.41) is 11.1. The number of methoxy groups -OCH3 is 2. The van der Waals surface area contributed by atoms with Gasteiger partial charge < -0.3 is 23.9 Å². The van der Waals surface area contributed by atoms with Crippen LogP contribution in [0.4, 0.5) is 0 Å². The lowest BCUT2D eigenvalue weighted by atomic mass is 9.90. The Bertz CT molecular complexity index is 792. The van der Waals surface area contributed by atoms with Crippen molar-refractivity contribution >= 4 is 5.91 Å². The molecule has 2 aromatic rings. The molecule has 1 aliphatic rings. The first-order valence-corrected chi connectivity index (χ1v) is 9.39. The number of rotatable bonds is 8. The van der Waals surface area contributed by atoms with Crippen molar-refractivity contribution in [3.63, 3.8) is 0 Å². The van der Waals surface area contributed by atoms with Crippen molar-refractivity contribution < 1.29 is 23.8 Å². The van der Waals surface area contributed by atoms with Gasteiger partial charge in [-0.3, -0.25) is 9.69 Å². The van der Waals surface area contributed by atoms with E-state index < -0.39 is 5.60 Å². The summed E-state index contributed by atoms with van der Waals surface area (Å²) in [5.74, 6) is 1.78. The highest BCUT2D eigenvalue weighted by molar-refractivity contribution is 5.86. The van der Waals surface area contributed by atoms with Crippen LogP contribution < -0.4 is 9.47 Å². The average Bonchev–Trinajstić information content (AvgIpc) is 3.18. The number of amides is 1. The molecule has 0 spiro atoms. The van der Waals surface area contributed by atoms with E-state index in [4.69, 9.17) is 13.9 Å². The molecule has 1 aromatic carbocycles. The van der Waals surface area contributed by atoms with E-state index >= 15 is 0 Å². The standard InChI is InChI=1S/C21H28N2O5/c1-22(14-17-8-5-12-28-17)15-21(25)10-6-11-23(20(21)24)13-16-7-4-9-18(26-2)19(16)27-3/h4-5,7-9,12,25H,6,10-11,13-15H2,1-3H3/t21-/m0/s1. The Hall–Kier alpha value is -2.51. The lowest BCUT2D eigenvalue weighted by molar-refractivity contribution is -0.160. The summed E-state index contributed by atoms with van der Waals surface area (Å²) in [7, 11) is 5.04. The number of aliphatic hydroxyl groups is 1. The second kappa shape index (κ2) is 8.67. The molecule has 7 heteroatoms. The summed E-state index contributed by atoms with van der Waals surface area (Å²) in [6.07, 6.45) is 2.80. The fourth-order valence-corrected chi connectivity index (χ4v) is 3.82. The zero-order valence-corrected chi connectivity index (χ0v) is 16.7. The van der Waals surface area contributed by atoms with Gasteiger partial charge in [0.2, 0.25) is 0 Å². The largest absolute Gasteiger partial charge is 0.493 e. The minimum atomic E-state index is -1.41. The minimum absolute atomic E-state index is 0.248. The van der Waals surface area contributed by atoms with Crippen molar-refractivity contribution in [2.75, 3.05) is 34.4 Å². The van der Waals surface area contributed by atoms with Crippen LogP contribution in [0.2, 0.25) is 0 Å². The number of hydrogen-bond donors (Lipinski definition) is 1. The highest BCUT2D eigenvalue weighted by Crippen LogP contribution is 2.33. The van der Waals surface area contributed by atoms with Crippen LogP contribution in [-0.2, 0) is 17.9 Å². The molecule has 28 heavy (non-hydrogen) atoms. The average molecular weight is 388 g/mol. The number of furan rings is 1. The third-order valence-corrected chi connectivity index (χ3v) is 5.09. The Kier molecular flexibility index (Phi) is 6.26. The van der Waals surface area contributed by atoms with E-state index in [2.05, 4.69) is 0 Å². The summed E-state index contributed by atoms with van der Waals surface area (Å²) >= 11 is 0. The molecule has 1 saturated heterocycles. The third-order valence-electron chi connectivity index (χ3n) is 5.09. The molecule has 2 heterocycles. The number of para-hydroxylation sites is 1. The second-order valence-corrected chi connectivity index (χ2v) is 7.27. The zero-order chi connectivity index (χ0) is 20.1. The Morgan fingerprint density at radius 2 is 2.07 bits per heavy atom. The number of carbonyl (C=O) groups excluding carboxylic acids is 1. The minimum Gasteiger partial charge on any atom is -0.493 e. The molecule has 1 N–H and O–H groups in total. The van der Waals surface area contributed by atoms with Crippen molar-refractivity contribution in [2.24, 2.45) is 0 Å². The van der Waals surface area contributed by atoms with E-state index in [1.165, 1.54) is 0 Å². The number of ether oxygens (including phenoxy) is 2. The Morgan fingerprint density at radius 3 is 2.75 bits per heavy atom. The van der Waals surface area contributed by atoms with E-state index in [1.54, 1.807) is 25.4 Å². The van der Waals surface area contributed by atoms with Gasteiger partial charge in [0.05, 0.1) is 27.0 Å². The van der Waals surface area contributed by atoms with Crippen LogP contribution in [0.15, 0.2) is 41.0 Å². The Morgan fingerprint density at radius 1 is 1.25 bits per heavy atom. The summed E-state index contributed by atoms with van der Waals surface area (Å²) in [4.78, 5) is 16.7. The van der Waals surface area contributed by atoms with Gasteiger partial charge >= 0.3 is 0 Å². The van der Waals surface area contributed by atoms with E-state index in [-0.39, 0.29) is 12.5 Å². The Balaban J connectivity index is 1.71. The molecule has 0 aliphatic carbocycles. The van der Waals surface area contributed by atoms with Crippen molar-refractivity contribution in [2.45, 2.75) is 31.5 Å². The van der Waals surface area contributed by atoms with Crippen LogP contribution in [-0.4, -0.2) is 60.8 Å². The number of likely N-dealkylation sites (tertiary alicyclic amines) is 1. The van der Waals surface area contributed by atoms with Gasteiger partial charge in [0.25, 0.3) is 5.91 Å². The molecule has 0 saturated carbocycles. The van der Waals surface area contributed by atoms with Gasteiger partial charge in [-0.15, -0.1) is 0 Å². The van der Waals surface area contributed by atoms with Gasteiger partial charge in [0.15, 0.2) is 17.1 Å². The molecular weight excluding hydrogens is 360 g/mol. The van der Waals surface area contributed by atoms with Crippen molar-refractivity contribution in [1.29, 1.82) is 0 Å². The maximum Gasteiger partial charge on any atom is 0.256 e. The fourth-order valence-electron chi connectivity index (χ4n) is 3.82. The normalized spacial score (nSPS) is 19.9. The SMILES string of the molecule is COc1cccc(CN2CCC[C@](O)(CN(C)Cc3ccco3)C2=O)c1OC. The van der Waals surface area contributed by atoms with Crippen LogP contribution in [0, 0.1) is 0 Å². The number of hydrogen-bond acceptors (Lipinski definition) is 6. The molecule has 1 amide bonds. The highest BCUT2D eigenvalue weighted by Gasteiger charge is 2.43. The maximum absolute atomic E-state index is 13.1. The lowest BCUT2D eigenvalue weighted by Crippen LogP contribution is -2.57. The molecule has 1 aromatic heterocycles. The van der Waals surface area contributed by atoms with Crippen LogP contribution >= 0.6 is 0 Å². The van der Waals surface area contributed by atoms with Crippen LogP contribution in [0.25, 0.3) is 0 Å². The first-order chi connectivity index (χ1) is 13.5. The van der Waals surface area contributed by atoms with E-state index in [0.717, 1.165) is 17.7 Å². The first kappa shape index (κ1) is 20.2. The van der Waals surface area contributed by atoms with Crippen molar-refractivity contribution in [3.8, 4) is 11.5 Å². The lowest BCUT2D eigenvalue weighted by Gasteiger charge is -2.40. The summed E-state index contributed by atoms with van der Waals surface area (Å²) in [6, 6.07) is 9.30. The van der Waals surface area contributed by atoms with Gasteiger partial charge in [0, 0.05) is 25.2 Å². The second-order valence-electron chi connectivity index (χ2n) is 7.27. The van der Waals surface area contributed by atoms with Gasteiger partial charge in [-0.2, -0.15) is 0 Å². The summed E-state index contributed by atoms with van der Waals surface area (Å²) in [5.41, 5.74) is -0.561. The topological polar surface area (TPSA) is 75.4 Å². The van der Waals surface area contributed by atoms with E-state index in [0.29, 0.717) is 37.6 Å². The summed E-state index contributed by atoms with van der Waals surface area (Å²) < 4.78 is 16.2. The quantitative estimate of drug-likeness (QED) is 0.748. The first-order valence-electron chi connectivity index (χ1n) is 9.39. The van der Waals surface area contributed by atoms with Crippen LogP contribution in [0.5, 0.6) is 11.5 Å². The fraction of sp³-hybridized carbons (Fsp3) is 0.476. The molecule has 7 nitrogen and oxygen atoms in total. The molecular formula is C21H28N2O5. The van der Waals surface area contributed by atoms with Gasteiger partial charge in [-0.05, 0) is 38.1 Å². The zero-order valence-electron chi connectivity index (χ0n) is 16.7. The molecule has 1 aliphatic heterocycles. The molecule has 1 fully saturated rings. The number of piperidine rings is 1. The van der Waals surface area contributed by atoms with Crippen LogP contribution in [0.1, 0.15) is 24.2 Å². The van der Waals surface area contributed by atoms with Crippen molar-refractivity contribution in [3.05, 3.63) is 47.9 Å². The number of benzene rings is 1. The van der Waals surface area contributed by atoms with E-state index in [1.807, 2.05) is 42.3 Å². The van der Waals surface area contributed by atoms with Gasteiger partial charge in [0.1, 0.15) is 5.76 Å². The smallest absolute Gasteiger partial charge is 0.256 e. The molecule has 152 valence electrons. The maximum atomic E-state index is 13.1.